The Balaban J connectivity index is 1.53. The summed E-state index contributed by atoms with van der Waals surface area (Å²) in [7, 11) is 1.67. The number of halogens is 1. The third-order valence-electron chi connectivity index (χ3n) is 7.11. The van der Waals surface area contributed by atoms with Crippen LogP contribution in [0.25, 0.3) is 21.2 Å². The van der Waals surface area contributed by atoms with Gasteiger partial charge in [0.05, 0.1) is 12.0 Å². The molecule has 35 heavy (non-hydrogen) atoms. The van der Waals surface area contributed by atoms with Crippen LogP contribution in [-0.4, -0.2) is 24.0 Å². The fourth-order valence-electron chi connectivity index (χ4n) is 5.18. The zero-order valence-corrected chi connectivity index (χ0v) is 21.0. The number of thiophene rings is 1. The lowest BCUT2D eigenvalue weighted by Crippen LogP contribution is -2.41. The molecule has 0 spiro atoms. The second kappa shape index (κ2) is 10.2. The molecule has 1 aliphatic rings. The summed E-state index contributed by atoms with van der Waals surface area (Å²) in [5.74, 6) is 0.609. The van der Waals surface area contributed by atoms with E-state index in [1.807, 2.05) is 24.3 Å². The number of nitrogens with zero attached hydrogens (tertiary/aromatic N) is 1. The van der Waals surface area contributed by atoms with Crippen LogP contribution in [0.4, 0.5) is 4.39 Å². The van der Waals surface area contributed by atoms with Gasteiger partial charge in [0.1, 0.15) is 11.6 Å². The number of hydrogen-bond acceptors (Lipinski definition) is 3. The van der Waals surface area contributed by atoms with E-state index >= 15 is 0 Å². The van der Waals surface area contributed by atoms with Crippen molar-refractivity contribution >= 4 is 27.3 Å². The SMILES string of the molecule is COc1ccc(-c2ccc(F)cc2)cc1CN(C(=O)c1sc2ccccc2c1C)C1CCCCC1. The molecule has 0 N–H and O–H groups in total. The zero-order chi connectivity index (χ0) is 24.4. The minimum atomic E-state index is -0.254. The first-order valence-corrected chi connectivity index (χ1v) is 13.1. The molecule has 1 aromatic heterocycles. The Labute approximate surface area is 210 Å². The number of carbonyl (C=O) groups is 1. The number of carbonyl (C=O) groups excluding carboxylic acids is 1. The highest BCUT2D eigenvalue weighted by Gasteiger charge is 2.29. The fourth-order valence-corrected chi connectivity index (χ4v) is 6.34. The topological polar surface area (TPSA) is 29.5 Å². The monoisotopic (exact) mass is 487 g/mol. The van der Waals surface area contributed by atoms with Crippen LogP contribution in [0.1, 0.15) is 52.9 Å². The third-order valence-corrected chi connectivity index (χ3v) is 8.37. The van der Waals surface area contributed by atoms with E-state index in [-0.39, 0.29) is 17.8 Å². The summed E-state index contributed by atoms with van der Waals surface area (Å²) in [6.45, 7) is 2.54. The number of fused-ring (bicyclic) bond motifs is 1. The molecule has 5 rings (SSSR count). The van der Waals surface area contributed by atoms with Gasteiger partial charge in [0.25, 0.3) is 5.91 Å². The lowest BCUT2D eigenvalue weighted by Gasteiger charge is -2.35. The van der Waals surface area contributed by atoms with Crippen molar-refractivity contribution in [3.63, 3.8) is 0 Å². The summed E-state index contributed by atoms with van der Waals surface area (Å²) in [4.78, 5) is 17.0. The standard InChI is InChI=1S/C30H30FNO2S/c1-20-26-10-6-7-11-28(26)35-29(20)30(33)32(25-8-4-3-5-9-25)19-23-18-22(14-17-27(23)34-2)21-12-15-24(31)16-13-21/h6-7,10-18,25H,3-5,8-9,19H2,1-2H3. The van der Waals surface area contributed by atoms with Gasteiger partial charge in [-0.3, -0.25) is 4.79 Å². The van der Waals surface area contributed by atoms with Crippen LogP contribution in [0.2, 0.25) is 0 Å². The van der Waals surface area contributed by atoms with Crippen molar-refractivity contribution in [2.24, 2.45) is 0 Å². The Morgan fingerprint density at radius 3 is 2.43 bits per heavy atom. The number of benzene rings is 3. The molecule has 1 amide bonds. The average molecular weight is 488 g/mol. The number of rotatable bonds is 6. The maximum atomic E-state index is 14.1. The molecular formula is C30H30FNO2S. The quantitative estimate of drug-likeness (QED) is 0.276. The number of aryl methyl sites for hydroxylation is 1. The minimum Gasteiger partial charge on any atom is -0.496 e. The van der Waals surface area contributed by atoms with Gasteiger partial charge in [0.15, 0.2) is 0 Å². The van der Waals surface area contributed by atoms with E-state index in [0.29, 0.717) is 6.54 Å². The van der Waals surface area contributed by atoms with Crippen LogP contribution < -0.4 is 4.74 Å². The lowest BCUT2D eigenvalue weighted by molar-refractivity contribution is 0.0617. The van der Waals surface area contributed by atoms with Crippen molar-refractivity contribution in [1.82, 2.24) is 4.90 Å². The van der Waals surface area contributed by atoms with E-state index < -0.39 is 0 Å². The first-order chi connectivity index (χ1) is 17.0. The largest absolute Gasteiger partial charge is 0.496 e. The molecule has 180 valence electrons. The number of methoxy groups -OCH3 is 1. The zero-order valence-electron chi connectivity index (χ0n) is 20.2. The summed E-state index contributed by atoms with van der Waals surface area (Å²) < 4.78 is 20.3. The number of amides is 1. The summed E-state index contributed by atoms with van der Waals surface area (Å²) in [5, 5.41) is 1.15. The highest BCUT2D eigenvalue weighted by Crippen LogP contribution is 2.35. The molecule has 3 nitrogen and oxygen atoms in total. The highest BCUT2D eigenvalue weighted by molar-refractivity contribution is 7.21. The molecule has 0 saturated heterocycles. The van der Waals surface area contributed by atoms with E-state index in [1.54, 1.807) is 30.6 Å². The van der Waals surface area contributed by atoms with Crippen molar-refractivity contribution in [2.45, 2.75) is 51.6 Å². The molecule has 1 fully saturated rings. The second-order valence-corrected chi connectivity index (χ2v) is 10.4. The van der Waals surface area contributed by atoms with Gasteiger partial charge in [-0.05, 0) is 72.2 Å². The van der Waals surface area contributed by atoms with Gasteiger partial charge in [0.2, 0.25) is 0 Å². The Morgan fingerprint density at radius 2 is 1.71 bits per heavy atom. The van der Waals surface area contributed by atoms with Crippen LogP contribution in [0, 0.1) is 12.7 Å². The first-order valence-electron chi connectivity index (χ1n) is 12.3. The molecule has 1 saturated carbocycles. The molecule has 0 bridgehead atoms. The summed E-state index contributed by atoms with van der Waals surface area (Å²) in [5.41, 5.74) is 3.94. The Kier molecular flexibility index (Phi) is 6.87. The van der Waals surface area contributed by atoms with Crippen molar-refractivity contribution in [2.75, 3.05) is 7.11 Å². The number of ether oxygens (including phenoxy) is 1. The summed E-state index contributed by atoms with van der Waals surface area (Å²) in [6.07, 6.45) is 5.56. The third kappa shape index (κ3) is 4.83. The van der Waals surface area contributed by atoms with Crippen molar-refractivity contribution in [3.8, 4) is 16.9 Å². The van der Waals surface area contributed by atoms with Crippen LogP contribution in [0.5, 0.6) is 5.75 Å². The van der Waals surface area contributed by atoms with Crippen LogP contribution in [-0.2, 0) is 6.54 Å². The highest BCUT2D eigenvalue weighted by atomic mass is 32.1. The van der Waals surface area contributed by atoms with Crippen LogP contribution in [0.15, 0.2) is 66.7 Å². The molecule has 5 heteroatoms. The average Bonchev–Trinajstić information content (AvgIpc) is 3.24. The van der Waals surface area contributed by atoms with Crippen molar-refractivity contribution < 1.29 is 13.9 Å². The predicted molar refractivity (Wildman–Crippen MR) is 142 cm³/mol. The van der Waals surface area contributed by atoms with Gasteiger partial charge < -0.3 is 9.64 Å². The van der Waals surface area contributed by atoms with Crippen molar-refractivity contribution in [1.29, 1.82) is 0 Å². The maximum absolute atomic E-state index is 14.1. The minimum absolute atomic E-state index is 0.102. The molecule has 3 aromatic carbocycles. The van der Waals surface area contributed by atoms with E-state index in [9.17, 15) is 9.18 Å². The molecule has 1 heterocycles. The fraction of sp³-hybridized carbons (Fsp3) is 0.300. The maximum Gasteiger partial charge on any atom is 0.264 e. The molecular weight excluding hydrogens is 457 g/mol. The predicted octanol–water partition coefficient (Wildman–Crippen LogP) is 8.00. The Morgan fingerprint density at radius 1 is 1.00 bits per heavy atom. The van der Waals surface area contributed by atoms with Gasteiger partial charge in [-0.15, -0.1) is 11.3 Å². The van der Waals surface area contributed by atoms with Crippen LogP contribution >= 0.6 is 11.3 Å². The molecule has 0 radical (unpaired) electrons. The second-order valence-electron chi connectivity index (χ2n) is 9.31. The van der Waals surface area contributed by atoms with Gasteiger partial charge in [-0.1, -0.05) is 55.7 Å². The Bertz CT molecular complexity index is 1340. The Hall–Kier alpha value is -3.18. The molecule has 4 aromatic rings. The molecule has 0 unspecified atom stereocenters. The van der Waals surface area contributed by atoms with E-state index in [0.717, 1.165) is 68.6 Å². The van der Waals surface area contributed by atoms with E-state index in [2.05, 4.69) is 30.0 Å². The summed E-state index contributed by atoms with van der Waals surface area (Å²) >= 11 is 1.59. The van der Waals surface area contributed by atoms with Crippen LogP contribution in [0.3, 0.4) is 0 Å². The van der Waals surface area contributed by atoms with E-state index in [4.69, 9.17) is 4.74 Å². The smallest absolute Gasteiger partial charge is 0.264 e. The van der Waals surface area contributed by atoms with E-state index in [1.165, 1.54) is 18.6 Å². The molecule has 0 aliphatic heterocycles. The van der Waals surface area contributed by atoms with Gasteiger partial charge in [0, 0.05) is 22.8 Å². The van der Waals surface area contributed by atoms with Crippen molar-refractivity contribution in [3.05, 3.63) is 88.6 Å². The normalized spacial score (nSPS) is 14.3. The molecule has 1 aliphatic carbocycles. The lowest BCUT2D eigenvalue weighted by atomic mass is 9.93. The first kappa shape index (κ1) is 23.6. The number of hydrogen-bond donors (Lipinski definition) is 0. The van der Waals surface area contributed by atoms with Gasteiger partial charge in [-0.2, -0.15) is 0 Å². The summed E-state index contributed by atoms with van der Waals surface area (Å²) in [6, 6.07) is 21.0. The molecule has 0 atom stereocenters. The van der Waals surface area contributed by atoms with Gasteiger partial charge >= 0.3 is 0 Å². The van der Waals surface area contributed by atoms with Gasteiger partial charge in [-0.25, -0.2) is 4.39 Å².